The lowest BCUT2D eigenvalue weighted by Crippen LogP contribution is -2.71. The van der Waals surface area contributed by atoms with Gasteiger partial charge in [-0.1, -0.05) is 139 Å². The third-order valence-electron chi connectivity index (χ3n) is 1.99. The van der Waals surface area contributed by atoms with E-state index in [2.05, 4.69) is 0 Å². The van der Waals surface area contributed by atoms with Gasteiger partial charge in [0, 0.05) is 0 Å². The van der Waals surface area contributed by atoms with E-state index in [1.807, 2.05) is 0 Å². The molecule has 0 amide bonds. The maximum atomic E-state index is 12.5. The normalized spacial score (nSPS) is 21.3. The molecule has 20 heavy (non-hydrogen) atoms. The van der Waals surface area contributed by atoms with Crippen LogP contribution in [0.4, 0.5) is 0 Å². The van der Waals surface area contributed by atoms with Gasteiger partial charge >= 0.3 is 0 Å². The Morgan fingerprint density at radius 2 is 0.750 bits per heavy atom. The minimum Gasteiger partial charge on any atom is -0.205 e. The Kier molecular flexibility index (Phi) is 8.07. The topological polar surface area (TPSA) is 19.9 Å². The zero-order valence-corrected chi connectivity index (χ0v) is 18.1. The Balaban J connectivity index is 6.50. The highest BCUT2D eigenvalue weighted by Crippen LogP contribution is 2.69. The van der Waals surface area contributed by atoms with Crippen LogP contribution in [-0.2, 0) is 5.11 Å². The molecule has 0 aliphatic rings. The van der Waals surface area contributed by atoms with Crippen LogP contribution in [-0.4, -0.2) is 25.6 Å². The molecule has 0 bridgehead atoms. The highest BCUT2D eigenvalue weighted by atomic mass is 35.6. The van der Waals surface area contributed by atoms with E-state index in [9.17, 15) is 5.11 Å². The highest BCUT2D eigenvalue weighted by Gasteiger charge is 2.81. The summed E-state index contributed by atoms with van der Waals surface area (Å²) in [6.45, 7) is 0. The number of alkyl halides is 13. The molecular weight excluding hydrogens is 549 g/mol. The smallest absolute Gasteiger partial charge is 0.205 e. The average Bonchev–Trinajstić information content (AvgIpc) is 2.10. The molecule has 1 nitrogen and oxygen atoms in total. The summed E-state index contributed by atoms with van der Waals surface area (Å²) >= 11 is 73.1. The van der Waals surface area contributed by atoms with Gasteiger partial charge in [0.15, 0.2) is 9.21 Å². The maximum Gasteiger partial charge on any atom is 0.249 e. The molecule has 1 radical (unpaired) electrons. The summed E-state index contributed by atoms with van der Waals surface area (Å²) in [5.41, 5.74) is 0. The zero-order chi connectivity index (χ0) is 17.0. The number of halogens is 13. The Labute approximate surface area is 179 Å². The van der Waals surface area contributed by atoms with Crippen molar-refractivity contribution in [3.63, 3.8) is 0 Å². The fraction of sp³-hybridized carbons (Fsp3) is 1.00. The molecule has 0 rings (SSSR count). The minimum absolute atomic E-state index is 2.64. The van der Waals surface area contributed by atoms with Crippen molar-refractivity contribution in [2.24, 2.45) is 0 Å². The predicted molar refractivity (Wildman–Crippen MR) is 93.2 cm³/mol. The summed E-state index contributed by atoms with van der Waals surface area (Å²) < 4.78 is -11.1. The van der Waals surface area contributed by atoms with Gasteiger partial charge in [0.05, 0.1) is 0 Å². The first-order valence-electron chi connectivity index (χ1n) is 3.91. The van der Waals surface area contributed by atoms with Gasteiger partial charge in [-0.2, -0.15) is 0 Å². The van der Waals surface area contributed by atoms with Gasteiger partial charge in [-0.25, -0.2) is 5.11 Å². The summed E-state index contributed by atoms with van der Waals surface area (Å²) in [6, 6.07) is 0. The SMILES string of the molecule is [O]C(Cl)(C(Cl)(Cl)Cl)C(Cl)(C(Cl)(Cl)Cl)C(Cl)(Cl)C(Cl)(Cl)Cl. The van der Waals surface area contributed by atoms with Gasteiger partial charge in [-0.3, -0.25) is 0 Å². The average molecular weight is 549 g/mol. The van der Waals surface area contributed by atoms with Crippen LogP contribution in [0.1, 0.15) is 0 Å². The van der Waals surface area contributed by atoms with Crippen molar-refractivity contribution in [2.75, 3.05) is 0 Å². The summed E-state index contributed by atoms with van der Waals surface area (Å²) in [7, 11) is 0. The second kappa shape index (κ2) is 6.80. The standard InChI is InChI=1S/C6Cl13O/c7-1(4(11,12)13,2(8,9)5(14,15)16)3(10,20)6(17,18)19. The number of hydrogen-bond acceptors (Lipinski definition) is 0. The van der Waals surface area contributed by atoms with Crippen molar-refractivity contribution in [2.45, 2.75) is 25.6 Å². The van der Waals surface area contributed by atoms with Crippen LogP contribution >= 0.6 is 151 Å². The molecule has 0 spiro atoms. The van der Waals surface area contributed by atoms with E-state index in [1.54, 1.807) is 0 Å². The lowest BCUT2D eigenvalue weighted by atomic mass is 9.98. The molecule has 0 aromatic heterocycles. The van der Waals surface area contributed by atoms with Crippen LogP contribution in [0.3, 0.4) is 0 Å². The minimum atomic E-state index is -3.41. The van der Waals surface area contributed by atoms with Crippen molar-refractivity contribution in [3.8, 4) is 0 Å². The van der Waals surface area contributed by atoms with Crippen LogP contribution in [0.2, 0.25) is 0 Å². The summed E-state index contributed by atoms with van der Waals surface area (Å²) in [5.74, 6) is 0. The predicted octanol–water partition coefficient (Wildman–Crippen LogP) is 7.61. The van der Waals surface area contributed by atoms with E-state index in [0.717, 1.165) is 0 Å². The molecule has 0 aromatic rings. The fourth-order valence-corrected chi connectivity index (χ4v) is 4.57. The van der Waals surface area contributed by atoms with Crippen molar-refractivity contribution in [1.82, 2.24) is 0 Å². The van der Waals surface area contributed by atoms with E-state index in [1.165, 1.54) is 0 Å². The molecule has 0 saturated heterocycles. The van der Waals surface area contributed by atoms with Gasteiger partial charge in [-0.15, -0.1) is 11.6 Å². The fourth-order valence-electron chi connectivity index (χ4n) is 0.953. The molecule has 121 valence electrons. The van der Waals surface area contributed by atoms with Crippen LogP contribution in [0, 0.1) is 0 Å². The van der Waals surface area contributed by atoms with Crippen LogP contribution in [0.5, 0.6) is 0 Å². The van der Waals surface area contributed by atoms with Gasteiger partial charge in [0.25, 0.3) is 0 Å². The molecule has 0 fully saturated rings. The van der Waals surface area contributed by atoms with Crippen molar-refractivity contribution >= 4 is 151 Å². The third-order valence-corrected chi connectivity index (χ3v) is 8.47. The first-order chi connectivity index (χ1) is 8.25. The molecule has 0 heterocycles. The largest absolute Gasteiger partial charge is 0.249 e. The van der Waals surface area contributed by atoms with Gasteiger partial charge in [0.2, 0.25) is 16.4 Å². The summed E-state index contributed by atoms with van der Waals surface area (Å²) in [5, 5.41) is 9.11. The zero-order valence-electron chi connectivity index (χ0n) is 8.32. The second-order valence-corrected chi connectivity index (χ2v) is 12.6. The van der Waals surface area contributed by atoms with Crippen LogP contribution in [0.15, 0.2) is 0 Å². The molecule has 0 aliphatic heterocycles. The van der Waals surface area contributed by atoms with Crippen molar-refractivity contribution in [3.05, 3.63) is 0 Å². The number of hydrogen-bond donors (Lipinski definition) is 0. The van der Waals surface area contributed by atoms with Gasteiger partial charge < -0.3 is 0 Å². The third kappa shape index (κ3) is 3.93. The lowest BCUT2D eigenvalue weighted by Gasteiger charge is -2.51. The van der Waals surface area contributed by atoms with Crippen molar-refractivity contribution < 1.29 is 5.11 Å². The van der Waals surface area contributed by atoms with Crippen molar-refractivity contribution in [1.29, 1.82) is 0 Å². The Morgan fingerprint density at radius 3 is 0.900 bits per heavy atom. The molecule has 14 heteroatoms. The molecule has 0 aromatic carbocycles. The molecule has 2 unspecified atom stereocenters. The Hall–Kier alpha value is 3.73. The van der Waals surface area contributed by atoms with Gasteiger partial charge in [-0.05, 0) is 0 Å². The Bertz CT molecular complexity index is 331. The quantitative estimate of drug-likeness (QED) is 0.316. The molecule has 2 atom stereocenters. The van der Waals surface area contributed by atoms with Gasteiger partial charge in [0.1, 0.15) is 0 Å². The van der Waals surface area contributed by atoms with Crippen LogP contribution in [0.25, 0.3) is 0 Å². The lowest BCUT2D eigenvalue weighted by molar-refractivity contribution is 0.00725. The molecule has 0 saturated carbocycles. The summed E-state index contributed by atoms with van der Waals surface area (Å²) in [6.07, 6.45) is 0. The second-order valence-electron chi connectivity index (χ2n) is 3.32. The van der Waals surface area contributed by atoms with E-state index >= 15 is 0 Å². The molecular formula is C6Cl13O. The Morgan fingerprint density at radius 1 is 0.450 bits per heavy atom. The van der Waals surface area contributed by atoms with E-state index < -0.39 is 25.6 Å². The van der Waals surface area contributed by atoms with E-state index in [-0.39, 0.29) is 0 Å². The first-order valence-corrected chi connectivity index (χ1v) is 8.82. The van der Waals surface area contributed by atoms with E-state index in [4.69, 9.17) is 151 Å². The maximum absolute atomic E-state index is 12.5. The first kappa shape index (κ1) is 23.7. The molecule has 0 N–H and O–H groups in total. The van der Waals surface area contributed by atoms with Crippen LogP contribution < -0.4 is 0 Å². The monoisotopic (exact) mass is 543 g/mol. The highest BCUT2D eigenvalue weighted by molar-refractivity contribution is 6.81. The molecule has 0 aliphatic carbocycles. The van der Waals surface area contributed by atoms with E-state index in [0.29, 0.717) is 0 Å². The summed E-state index contributed by atoms with van der Waals surface area (Å²) in [4.78, 5) is -3.08. The number of rotatable bonds is 2.